The summed E-state index contributed by atoms with van der Waals surface area (Å²) < 4.78 is 14.3. The van der Waals surface area contributed by atoms with Gasteiger partial charge in [-0.3, -0.25) is 0 Å². The summed E-state index contributed by atoms with van der Waals surface area (Å²) in [6.45, 7) is 3.67. The average molecular weight is 415 g/mol. The van der Waals surface area contributed by atoms with Crippen LogP contribution in [0.5, 0.6) is 0 Å². The number of rotatable bonds is 16. The van der Waals surface area contributed by atoms with Crippen LogP contribution >= 0.6 is 7.82 Å². The van der Waals surface area contributed by atoms with Gasteiger partial charge in [-0.1, -0.05) is 64.7 Å². The fourth-order valence-corrected chi connectivity index (χ4v) is 2.40. The van der Waals surface area contributed by atoms with Gasteiger partial charge in [0.2, 0.25) is 0 Å². The predicted molar refractivity (Wildman–Crippen MR) is 92.4 cm³/mol. The molecule has 0 unspecified atom stereocenters. The molecule has 0 spiro atoms. The Balaban J connectivity index is -0.000000230. The SMILES string of the molecule is CCCCCCCCCCCCOP(=O)([O-])[O-].OCCNCCO.[Na+].[Na+]. The Kier molecular flexibility index (Phi) is 39.8. The minimum atomic E-state index is -4.74. The van der Waals surface area contributed by atoms with Crippen LogP contribution in [0, 0.1) is 0 Å². The van der Waals surface area contributed by atoms with Gasteiger partial charge in [0.05, 0.1) is 27.6 Å². The van der Waals surface area contributed by atoms with Crippen LogP contribution < -0.4 is 74.2 Å². The van der Waals surface area contributed by atoms with Gasteiger partial charge < -0.3 is 34.4 Å². The van der Waals surface area contributed by atoms with Crippen molar-refractivity contribution in [2.75, 3.05) is 32.9 Å². The Bertz CT molecular complexity index is 281. The third kappa shape index (κ3) is 40.6. The zero-order chi connectivity index (χ0) is 18.5. The zero-order valence-electron chi connectivity index (χ0n) is 17.1. The van der Waals surface area contributed by atoms with E-state index in [2.05, 4.69) is 16.8 Å². The number of hydrogen-bond acceptors (Lipinski definition) is 7. The van der Waals surface area contributed by atoms with Gasteiger partial charge in [0.1, 0.15) is 0 Å². The fraction of sp³-hybridized carbons (Fsp3) is 1.00. The molecule has 0 saturated heterocycles. The first-order chi connectivity index (χ1) is 11.5. The van der Waals surface area contributed by atoms with E-state index < -0.39 is 7.82 Å². The van der Waals surface area contributed by atoms with Gasteiger partial charge in [-0.25, -0.2) is 0 Å². The first-order valence-corrected chi connectivity index (χ1v) is 10.5. The molecule has 0 aromatic heterocycles. The van der Waals surface area contributed by atoms with E-state index in [1.165, 1.54) is 44.9 Å². The second kappa shape index (κ2) is 29.2. The van der Waals surface area contributed by atoms with Crippen LogP contribution in [0.15, 0.2) is 0 Å². The van der Waals surface area contributed by atoms with Gasteiger partial charge in [-0.2, -0.15) is 0 Å². The van der Waals surface area contributed by atoms with E-state index in [1.54, 1.807) is 0 Å². The normalized spacial score (nSPS) is 10.3. The number of unbranched alkanes of at least 4 members (excludes halogenated alkanes) is 9. The fourth-order valence-electron chi connectivity index (χ4n) is 2.05. The summed E-state index contributed by atoms with van der Waals surface area (Å²) in [7, 11) is -4.74. The van der Waals surface area contributed by atoms with Gasteiger partial charge in [-0.15, -0.1) is 0 Å². The third-order valence-electron chi connectivity index (χ3n) is 3.32. The van der Waals surface area contributed by atoms with Crippen molar-refractivity contribution in [3.63, 3.8) is 0 Å². The van der Waals surface area contributed by atoms with Gasteiger partial charge in [-0.05, 0) is 6.42 Å². The van der Waals surface area contributed by atoms with Crippen LogP contribution in [0.2, 0.25) is 0 Å². The summed E-state index contributed by atoms with van der Waals surface area (Å²) >= 11 is 0. The van der Waals surface area contributed by atoms with Crippen LogP contribution in [0.25, 0.3) is 0 Å². The summed E-state index contributed by atoms with van der Waals surface area (Å²) in [4.78, 5) is 20.3. The predicted octanol–water partition coefficient (Wildman–Crippen LogP) is -4.68. The van der Waals surface area contributed by atoms with E-state index in [0.717, 1.165) is 12.8 Å². The van der Waals surface area contributed by atoms with Crippen molar-refractivity contribution in [1.82, 2.24) is 5.32 Å². The molecule has 0 rings (SSSR count). The molecule has 0 aromatic rings. The standard InChI is InChI=1S/C12H27O4P.C4H11NO2.2Na/c1-2-3-4-5-6-7-8-9-10-11-12-16-17(13,14)15;6-3-1-5-2-4-7;;/h2-12H2,1H3,(H2,13,14,15);5-7H,1-4H2;;/q;;2*+1/p-2. The summed E-state index contributed by atoms with van der Waals surface area (Å²) in [6.07, 6.45) is 11.7. The van der Waals surface area contributed by atoms with Crippen LogP contribution in [0.3, 0.4) is 0 Å². The minimum Gasteiger partial charge on any atom is -0.790 e. The number of phosphoric ester groups is 1. The molecule has 3 N–H and O–H groups in total. The summed E-state index contributed by atoms with van der Waals surface area (Å²) in [6, 6.07) is 0. The maximum Gasteiger partial charge on any atom is 1.00 e. The molecule has 0 aromatic carbocycles. The molecule has 0 heterocycles. The van der Waals surface area contributed by atoms with Gasteiger partial charge in [0, 0.05) is 13.1 Å². The molecule has 0 aliphatic carbocycles. The molecule has 0 aliphatic rings. The van der Waals surface area contributed by atoms with E-state index in [0.29, 0.717) is 19.5 Å². The van der Waals surface area contributed by atoms with Gasteiger partial charge >= 0.3 is 59.1 Å². The Morgan fingerprint density at radius 1 is 0.808 bits per heavy atom. The molecule has 0 atom stereocenters. The molecule has 148 valence electrons. The van der Waals surface area contributed by atoms with E-state index in [-0.39, 0.29) is 78.9 Å². The maximum atomic E-state index is 10.1. The van der Waals surface area contributed by atoms with Crippen LogP contribution in [0.1, 0.15) is 71.1 Å². The number of nitrogens with one attached hydrogen (secondary N) is 1. The summed E-state index contributed by atoms with van der Waals surface area (Å²) in [5.74, 6) is 0. The molecule has 0 bridgehead atoms. The Labute approximate surface area is 203 Å². The molecular weight excluding hydrogens is 379 g/mol. The molecule has 26 heavy (non-hydrogen) atoms. The van der Waals surface area contributed by atoms with Crippen LogP contribution in [-0.4, -0.2) is 43.1 Å². The summed E-state index contributed by atoms with van der Waals surface area (Å²) in [5.41, 5.74) is 0. The Morgan fingerprint density at radius 2 is 1.19 bits per heavy atom. The van der Waals surface area contributed by atoms with Crippen molar-refractivity contribution < 1.29 is 88.2 Å². The Morgan fingerprint density at radius 3 is 1.54 bits per heavy atom. The molecule has 7 nitrogen and oxygen atoms in total. The van der Waals surface area contributed by atoms with Crippen molar-refractivity contribution in [3.8, 4) is 0 Å². The second-order valence-corrected chi connectivity index (χ2v) is 6.81. The molecule has 0 radical (unpaired) electrons. The molecule has 0 aliphatic heterocycles. The van der Waals surface area contributed by atoms with Crippen molar-refractivity contribution in [2.24, 2.45) is 0 Å². The maximum absolute atomic E-state index is 10.1. The van der Waals surface area contributed by atoms with Crippen molar-refractivity contribution in [1.29, 1.82) is 0 Å². The molecular formula is C16H36NNa2O6P. The number of aliphatic hydroxyl groups is 2. The van der Waals surface area contributed by atoms with E-state index in [4.69, 9.17) is 10.2 Å². The summed E-state index contributed by atoms with van der Waals surface area (Å²) in [5, 5.41) is 19.1. The van der Waals surface area contributed by atoms with E-state index >= 15 is 0 Å². The third-order valence-corrected chi connectivity index (χ3v) is 3.82. The average Bonchev–Trinajstić information content (AvgIpc) is 2.53. The quantitative estimate of drug-likeness (QED) is 0.131. The van der Waals surface area contributed by atoms with Crippen LogP contribution in [0.4, 0.5) is 0 Å². The van der Waals surface area contributed by atoms with E-state index in [1.807, 2.05) is 0 Å². The number of hydrogen-bond donors (Lipinski definition) is 3. The van der Waals surface area contributed by atoms with Crippen molar-refractivity contribution in [2.45, 2.75) is 71.1 Å². The topological polar surface area (TPSA) is 125 Å². The molecule has 0 saturated carbocycles. The van der Waals surface area contributed by atoms with Crippen LogP contribution in [-0.2, 0) is 9.09 Å². The minimum absolute atomic E-state index is 0. The first-order valence-electron chi connectivity index (χ1n) is 9.07. The monoisotopic (exact) mass is 415 g/mol. The number of aliphatic hydroxyl groups excluding tert-OH is 2. The first kappa shape index (κ1) is 35.4. The molecule has 0 fully saturated rings. The smallest absolute Gasteiger partial charge is 0.790 e. The molecule has 0 amide bonds. The second-order valence-electron chi connectivity index (χ2n) is 5.66. The van der Waals surface area contributed by atoms with Gasteiger partial charge in [0.25, 0.3) is 0 Å². The van der Waals surface area contributed by atoms with Gasteiger partial charge in [0.15, 0.2) is 0 Å². The van der Waals surface area contributed by atoms with E-state index in [9.17, 15) is 14.4 Å². The van der Waals surface area contributed by atoms with Crippen molar-refractivity contribution >= 4 is 7.82 Å². The largest absolute Gasteiger partial charge is 1.00 e. The Hall–Kier alpha value is 1.99. The number of phosphoric acid groups is 1. The zero-order valence-corrected chi connectivity index (χ0v) is 22.0. The molecule has 10 heteroatoms. The van der Waals surface area contributed by atoms with Crippen molar-refractivity contribution in [3.05, 3.63) is 0 Å².